The molecule has 0 bridgehead atoms. The van der Waals surface area contributed by atoms with Crippen LogP contribution in [0.25, 0.3) is 0 Å². The zero-order chi connectivity index (χ0) is 26.5. The van der Waals surface area contributed by atoms with Crippen LogP contribution in [0.1, 0.15) is 0 Å². The maximum Gasteiger partial charge on any atom is 0.457 e. The molecule has 20 heteroatoms. The second-order valence-corrected chi connectivity index (χ2v) is 6.16. The Bertz CT molecular complexity index is 704. The number of ether oxygens (including phenoxy) is 2. The van der Waals surface area contributed by atoms with Gasteiger partial charge in [-0.2, -0.15) is 74.6 Å². The predicted molar refractivity (Wildman–Crippen MR) is 68.5 cm³/mol. The summed E-state index contributed by atoms with van der Waals surface area (Å²) in [7, 11) is 0. The second kappa shape index (κ2) is 8.58. The minimum Gasteiger partial charge on any atom is -0.379 e. The lowest BCUT2D eigenvalue weighted by molar-refractivity contribution is -0.513. The lowest BCUT2D eigenvalue weighted by Gasteiger charge is -2.52. The molecule has 0 atom stereocenters. The number of hydrogen-bond acceptors (Lipinski definition) is 3. The molecule has 196 valence electrons. The second-order valence-electron chi connectivity index (χ2n) is 6.16. The van der Waals surface area contributed by atoms with Gasteiger partial charge in [-0.1, -0.05) is 0 Å². The number of halogens is 17. The van der Waals surface area contributed by atoms with Crippen LogP contribution >= 0.6 is 0 Å². The summed E-state index contributed by atoms with van der Waals surface area (Å²) in [6.07, 6.45) is -27.5. The highest BCUT2D eigenvalue weighted by molar-refractivity contribution is 5.19. The van der Waals surface area contributed by atoms with E-state index in [0.717, 1.165) is 0 Å². The number of morpholine rings is 1. The molecule has 0 radical (unpaired) electrons. The molecule has 33 heavy (non-hydrogen) atoms. The average molecular weight is 533 g/mol. The minimum absolute atomic E-state index is 1.13. The van der Waals surface area contributed by atoms with Crippen molar-refractivity contribution in [3.63, 3.8) is 0 Å². The SMILES string of the molecule is FC(F)=C(F)C(F)(F)OC(C(F)(F)N1CCOCC1)(C(F)(F)C(F)(F)F)C(F)(F)C(F)(F)F. The van der Waals surface area contributed by atoms with E-state index in [2.05, 4.69) is 4.74 Å². The van der Waals surface area contributed by atoms with Crippen LogP contribution < -0.4 is 0 Å². The summed E-state index contributed by atoms with van der Waals surface area (Å²) in [5.41, 5.74) is -8.07. The van der Waals surface area contributed by atoms with Crippen molar-refractivity contribution in [2.45, 2.75) is 42.0 Å². The number of hydrogen-bond donors (Lipinski definition) is 0. The first-order valence-corrected chi connectivity index (χ1v) is 7.80. The zero-order valence-electron chi connectivity index (χ0n) is 15.0. The lowest BCUT2D eigenvalue weighted by Crippen LogP contribution is -2.82. The molecule has 0 spiro atoms. The molecule has 0 aliphatic carbocycles. The van der Waals surface area contributed by atoms with E-state index >= 15 is 0 Å². The van der Waals surface area contributed by atoms with Gasteiger partial charge in [-0.05, 0) is 0 Å². The van der Waals surface area contributed by atoms with Crippen molar-refractivity contribution in [2.24, 2.45) is 0 Å². The molecule has 0 amide bonds. The van der Waals surface area contributed by atoms with Crippen molar-refractivity contribution in [3.05, 3.63) is 11.9 Å². The van der Waals surface area contributed by atoms with Crippen LogP contribution in [0, 0.1) is 0 Å². The van der Waals surface area contributed by atoms with Gasteiger partial charge in [-0.25, -0.2) is 4.90 Å². The topological polar surface area (TPSA) is 21.7 Å². The van der Waals surface area contributed by atoms with Crippen LogP contribution in [0.4, 0.5) is 74.6 Å². The Balaban J connectivity index is 4.20. The molecule has 1 fully saturated rings. The van der Waals surface area contributed by atoms with Gasteiger partial charge >= 0.3 is 42.4 Å². The molecule has 1 saturated heterocycles. The fourth-order valence-corrected chi connectivity index (χ4v) is 2.58. The van der Waals surface area contributed by atoms with Crippen molar-refractivity contribution in [3.8, 4) is 0 Å². The normalized spacial score (nSPS) is 18.5. The standard InChI is InChI=1S/C13H8F17NO2/c14-5(6(15)16)7(17,18)33-8(9(19,20)11(23,24)25,10(21,22)12(26,27)28)13(29,30)31-1-3-32-4-2-31/h1-4H2. The third kappa shape index (κ3) is 4.56. The number of alkyl halides is 14. The van der Waals surface area contributed by atoms with Gasteiger partial charge in [0.1, 0.15) is 0 Å². The Morgan fingerprint density at radius 2 is 1.00 bits per heavy atom. The highest BCUT2D eigenvalue weighted by atomic mass is 19.4. The van der Waals surface area contributed by atoms with Gasteiger partial charge in [-0.3, -0.25) is 4.74 Å². The highest BCUT2D eigenvalue weighted by Crippen LogP contribution is 2.64. The van der Waals surface area contributed by atoms with Gasteiger partial charge in [0, 0.05) is 13.1 Å². The predicted octanol–water partition coefficient (Wildman–Crippen LogP) is 5.73. The van der Waals surface area contributed by atoms with Gasteiger partial charge in [0.15, 0.2) is 0 Å². The van der Waals surface area contributed by atoms with Crippen molar-refractivity contribution < 1.29 is 84.1 Å². The maximum absolute atomic E-state index is 14.8. The van der Waals surface area contributed by atoms with Crippen LogP contribution in [0.15, 0.2) is 11.9 Å². The van der Waals surface area contributed by atoms with Gasteiger partial charge in [0.2, 0.25) is 0 Å². The molecule has 0 aromatic heterocycles. The maximum atomic E-state index is 14.8. The van der Waals surface area contributed by atoms with E-state index in [4.69, 9.17) is 0 Å². The number of rotatable bonds is 7. The van der Waals surface area contributed by atoms with E-state index in [1.807, 2.05) is 4.74 Å². The molecule has 0 aromatic carbocycles. The van der Waals surface area contributed by atoms with Gasteiger partial charge in [-0.15, -0.1) is 0 Å². The van der Waals surface area contributed by atoms with Gasteiger partial charge < -0.3 is 4.74 Å². The summed E-state index contributed by atoms with van der Waals surface area (Å²) >= 11 is 0. The molecule has 0 saturated carbocycles. The van der Waals surface area contributed by atoms with E-state index < -0.39 is 85.1 Å². The Hall–Kier alpha value is -1.57. The molecule has 0 N–H and O–H groups in total. The van der Waals surface area contributed by atoms with E-state index in [-0.39, 0.29) is 0 Å². The first-order chi connectivity index (χ1) is 14.4. The third-order valence-electron chi connectivity index (χ3n) is 4.13. The monoisotopic (exact) mass is 533 g/mol. The summed E-state index contributed by atoms with van der Waals surface area (Å²) in [6.45, 7) is -5.68. The van der Waals surface area contributed by atoms with Gasteiger partial charge in [0.05, 0.1) is 13.2 Å². The summed E-state index contributed by atoms with van der Waals surface area (Å²) < 4.78 is 234. The van der Waals surface area contributed by atoms with Crippen LogP contribution in [0.5, 0.6) is 0 Å². The molecular formula is C13H8F17NO2. The Morgan fingerprint density at radius 3 is 1.30 bits per heavy atom. The first-order valence-electron chi connectivity index (χ1n) is 7.80. The van der Waals surface area contributed by atoms with Gasteiger partial charge in [0.25, 0.3) is 11.4 Å². The zero-order valence-corrected chi connectivity index (χ0v) is 15.0. The molecule has 3 nitrogen and oxygen atoms in total. The largest absolute Gasteiger partial charge is 0.457 e. The summed E-state index contributed by atoms with van der Waals surface area (Å²) in [5.74, 6) is -21.1. The Morgan fingerprint density at radius 1 is 0.636 bits per heavy atom. The van der Waals surface area contributed by atoms with Crippen molar-refractivity contribution in [1.82, 2.24) is 4.90 Å². The van der Waals surface area contributed by atoms with Crippen molar-refractivity contribution in [1.29, 1.82) is 0 Å². The van der Waals surface area contributed by atoms with E-state index in [0.29, 0.717) is 0 Å². The highest BCUT2D eigenvalue weighted by Gasteiger charge is 2.95. The summed E-state index contributed by atoms with van der Waals surface area (Å²) in [5, 5.41) is 0. The molecule has 0 aromatic rings. The van der Waals surface area contributed by atoms with Crippen LogP contribution in [0.2, 0.25) is 0 Å². The van der Waals surface area contributed by atoms with Crippen molar-refractivity contribution in [2.75, 3.05) is 26.3 Å². The average Bonchev–Trinajstić information content (AvgIpc) is 2.63. The quantitative estimate of drug-likeness (QED) is 0.308. The third-order valence-corrected chi connectivity index (χ3v) is 4.13. The smallest absolute Gasteiger partial charge is 0.379 e. The Kier molecular flexibility index (Phi) is 7.66. The van der Waals surface area contributed by atoms with Crippen molar-refractivity contribution >= 4 is 0 Å². The number of nitrogens with zero attached hydrogens (tertiary/aromatic N) is 1. The molecule has 1 heterocycles. The molecular weight excluding hydrogens is 525 g/mol. The van der Waals surface area contributed by atoms with Crippen LogP contribution in [0.3, 0.4) is 0 Å². The van der Waals surface area contributed by atoms with Crippen LogP contribution in [-0.4, -0.2) is 73.2 Å². The molecule has 1 aliphatic rings. The fourth-order valence-electron chi connectivity index (χ4n) is 2.58. The summed E-state index contributed by atoms with van der Waals surface area (Å²) in [6, 6.07) is -7.08. The minimum atomic E-state index is -8.28. The van der Waals surface area contributed by atoms with E-state index in [1.165, 1.54) is 0 Å². The molecule has 0 unspecified atom stereocenters. The Labute approximate surface area is 170 Å². The fraction of sp³-hybridized carbons (Fsp3) is 0.846. The molecule has 1 rings (SSSR count). The lowest BCUT2D eigenvalue weighted by atomic mass is 9.82. The van der Waals surface area contributed by atoms with E-state index in [9.17, 15) is 74.6 Å². The first kappa shape index (κ1) is 29.5. The summed E-state index contributed by atoms with van der Waals surface area (Å²) in [4.78, 5) is -1.29. The van der Waals surface area contributed by atoms with Crippen LogP contribution in [-0.2, 0) is 9.47 Å². The van der Waals surface area contributed by atoms with E-state index in [1.54, 1.807) is 0 Å². The molecule has 1 aliphatic heterocycles.